The maximum atomic E-state index is 13.1. The Bertz CT molecular complexity index is 1670. The lowest BCUT2D eigenvalue weighted by molar-refractivity contribution is -0.126. The number of benzene rings is 1. The molecule has 4 aromatic rings. The number of hydrogen-bond donors (Lipinski definition) is 2. The third kappa shape index (κ3) is 6.41. The van der Waals surface area contributed by atoms with Crippen LogP contribution in [0.5, 0.6) is 11.5 Å². The quantitative estimate of drug-likeness (QED) is 0.259. The lowest BCUT2D eigenvalue weighted by atomic mass is 9.81. The molecule has 2 aliphatic heterocycles. The number of pyridine rings is 1. The molecule has 1 saturated heterocycles. The Morgan fingerprint density at radius 3 is 2.81 bits per heavy atom. The molecule has 2 N–H and O–H groups in total. The monoisotopic (exact) mass is 598 g/mol. The average Bonchev–Trinajstić information content (AvgIpc) is 3.36. The number of amides is 1. The first kappa shape index (κ1) is 29.2. The predicted molar refractivity (Wildman–Crippen MR) is 170 cm³/mol. The molecule has 10 heteroatoms. The third-order valence-corrected chi connectivity index (χ3v) is 9.50. The smallest absolute Gasteiger partial charge is 0.246 e. The fraction of sp³-hybridized carbons (Fsp3) is 0.394. The van der Waals surface area contributed by atoms with Gasteiger partial charge in [-0.3, -0.25) is 14.7 Å². The van der Waals surface area contributed by atoms with Gasteiger partial charge in [0, 0.05) is 53.9 Å². The Labute approximate surface area is 256 Å². The highest BCUT2D eigenvalue weighted by atomic mass is 32.1. The van der Waals surface area contributed by atoms with E-state index in [0.29, 0.717) is 25.4 Å². The molecule has 9 nitrogen and oxygen atoms in total. The van der Waals surface area contributed by atoms with Gasteiger partial charge in [0.25, 0.3) is 0 Å². The highest BCUT2D eigenvalue weighted by molar-refractivity contribution is 7.19. The van der Waals surface area contributed by atoms with E-state index in [4.69, 9.17) is 4.74 Å². The van der Waals surface area contributed by atoms with Gasteiger partial charge in [0.1, 0.15) is 28.5 Å². The Hall–Kier alpha value is -3.86. The molecule has 5 heterocycles. The molecule has 0 spiro atoms. The zero-order valence-corrected chi connectivity index (χ0v) is 25.9. The summed E-state index contributed by atoms with van der Waals surface area (Å²) in [7, 11) is 0. The Morgan fingerprint density at radius 2 is 2.05 bits per heavy atom. The van der Waals surface area contributed by atoms with E-state index < -0.39 is 0 Å². The summed E-state index contributed by atoms with van der Waals surface area (Å²) in [6, 6.07) is 9.82. The van der Waals surface area contributed by atoms with Crippen molar-refractivity contribution < 1.29 is 14.6 Å². The predicted octanol–water partition coefficient (Wildman–Crippen LogP) is 5.77. The van der Waals surface area contributed by atoms with Gasteiger partial charge in [-0.2, -0.15) is 0 Å². The van der Waals surface area contributed by atoms with Crippen LogP contribution in [0.15, 0.2) is 55.0 Å². The number of fused-ring (bicyclic) bond motifs is 3. The second-order valence-corrected chi connectivity index (χ2v) is 13.3. The number of carbonyl (C=O) groups is 1. The van der Waals surface area contributed by atoms with Crippen LogP contribution in [0.1, 0.15) is 42.0 Å². The summed E-state index contributed by atoms with van der Waals surface area (Å²) in [5, 5.41) is 14.7. The fourth-order valence-corrected chi connectivity index (χ4v) is 7.05. The van der Waals surface area contributed by atoms with Gasteiger partial charge in [-0.05, 0) is 68.1 Å². The number of likely N-dealkylation sites (tertiary alicyclic amines) is 1. The summed E-state index contributed by atoms with van der Waals surface area (Å²) < 4.78 is 6.04. The number of anilines is 2. The van der Waals surface area contributed by atoms with Gasteiger partial charge in [0.15, 0.2) is 0 Å². The van der Waals surface area contributed by atoms with Gasteiger partial charge in [0.2, 0.25) is 5.91 Å². The van der Waals surface area contributed by atoms with Gasteiger partial charge in [-0.25, -0.2) is 9.97 Å². The molecule has 1 fully saturated rings. The van der Waals surface area contributed by atoms with Crippen LogP contribution in [-0.4, -0.2) is 68.0 Å². The molecule has 0 aliphatic carbocycles. The number of aliphatic hydroxyl groups is 1. The average molecular weight is 599 g/mol. The molecule has 1 aromatic carbocycles. The molecule has 6 rings (SSSR count). The minimum Gasteiger partial charge on any atom is -0.455 e. The van der Waals surface area contributed by atoms with Crippen molar-refractivity contribution in [2.45, 2.75) is 53.2 Å². The standard InChI is InChI=1S/C33H38N6O3S/c1-21-16-23(8-10-26(21)42-24-9-7-22(2)34-17-24)37-31-30-25-11-15-39(18-27(25)43-32(30)36-20-35-31)29(41)6-5-13-38-14-12-28(40)33(3,4)19-38/h5-10,16-17,20,28,40H,11-15,18-19H2,1-4H3,(H,35,36,37)/b6-5+. The van der Waals surface area contributed by atoms with Crippen LogP contribution in [0.25, 0.3) is 10.2 Å². The third-order valence-electron chi connectivity index (χ3n) is 8.37. The summed E-state index contributed by atoms with van der Waals surface area (Å²) in [5.41, 5.74) is 3.94. The van der Waals surface area contributed by atoms with Gasteiger partial charge in [-0.1, -0.05) is 19.9 Å². The summed E-state index contributed by atoms with van der Waals surface area (Å²) in [4.78, 5) is 32.8. The number of nitrogens with zero attached hydrogens (tertiary/aromatic N) is 5. The van der Waals surface area contributed by atoms with Gasteiger partial charge < -0.3 is 20.1 Å². The zero-order valence-electron chi connectivity index (χ0n) is 25.1. The molecular formula is C33H38N6O3S. The first-order valence-corrected chi connectivity index (χ1v) is 15.6. The molecule has 0 bridgehead atoms. The van der Waals surface area contributed by atoms with E-state index in [1.54, 1.807) is 29.9 Å². The van der Waals surface area contributed by atoms with Gasteiger partial charge in [0.05, 0.1) is 24.2 Å². The maximum Gasteiger partial charge on any atom is 0.246 e. The number of ether oxygens (including phenoxy) is 1. The summed E-state index contributed by atoms with van der Waals surface area (Å²) in [5.74, 6) is 2.27. The van der Waals surface area contributed by atoms with Crippen molar-refractivity contribution in [3.63, 3.8) is 0 Å². The molecule has 1 unspecified atom stereocenters. The fourth-order valence-electron chi connectivity index (χ4n) is 5.85. The van der Waals surface area contributed by atoms with Crippen LogP contribution >= 0.6 is 11.3 Å². The molecule has 1 atom stereocenters. The lowest BCUT2D eigenvalue weighted by Gasteiger charge is -2.41. The summed E-state index contributed by atoms with van der Waals surface area (Å²) in [6.45, 7) is 11.8. The van der Waals surface area contributed by atoms with E-state index in [1.165, 1.54) is 5.56 Å². The summed E-state index contributed by atoms with van der Waals surface area (Å²) in [6.07, 6.45) is 8.23. The highest BCUT2D eigenvalue weighted by Gasteiger charge is 2.34. The number of aliphatic hydroxyl groups excluding tert-OH is 1. The normalized spacial score (nSPS) is 18.6. The van der Waals surface area contributed by atoms with E-state index >= 15 is 0 Å². The Kier molecular flexibility index (Phi) is 8.17. The molecule has 43 heavy (non-hydrogen) atoms. The van der Waals surface area contributed by atoms with E-state index in [-0.39, 0.29) is 17.4 Å². The first-order valence-electron chi connectivity index (χ1n) is 14.8. The van der Waals surface area contributed by atoms with E-state index in [2.05, 4.69) is 39.0 Å². The summed E-state index contributed by atoms with van der Waals surface area (Å²) >= 11 is 1.63. The number of hydrogen-bond acceptors (Lipinski definition) is 9. The molecular weight excluding hydrogens is 560 g/mol. The highest BCUT2D eigenvalue weighted by Crippen LogP contribution is 2.38. The van der Waals surface area contributed by atoms with Crippen LogP contribution in [0.4, 0.5) is 11.5 Å². The van der Waals surface area contributed by atoms with E-state index in [1.807, 2.05) is 55.2 Å². The van der Waals surface area contributed by atoms with E-state index in [0.717, 1.165) is 69.5 Å². The topological polar surface area (TPSA) is 104 Å². The van der Waals surface area contributed by atoms with Crippen LogP contribution in [0, 0.1) is 19.3 Å². The van der Waals surface area contributed by atoms with Crippen molar-refractivity contribution in [3.8, 4) is 11.5 Å². The maximum absolute atomic E-state index is 13.1. The number of carbonyl (C=O) groups excluding carboxylic acids is 1. The van der Waals surface area contributed by atoms with Crippen molar-refractivity contribution in [2.24, 2.45) is 5.41 Å². The molecule has 2 aliphatic rings. The Balaban J connectivity index is 1.12. The molecule has 1 amide bonds. The van der Waals surface area contributed by atoms with E-state index in [9.17, 15) is 9.90 Å². The number of nitrogens with one attached hydrogen (secondary N) is 1. The number of thiophene rings is 1. The van der Waals surface area contributed by atoms with Gasteiger partial charge in [-0.15, -0.1) is 11.3 Å². The van der Waals surface area contributed by atoms with Crippen LogP contribution in [0.2, 0.25) is 0 Å². The molecule has 0 radical (unpaired) electrons. The lowest BCUT2D eigenvalue weighted by Crippen LogP contribution is -2.48. The molecule has 0 saturated carbocycles. The number of aryl methyl sites for hydroxylation is 2. The largest absolute Gasteiger partial charge is 0.455 e. The van der Waals surface area contributed by atoms with Crippen molar-refractivity contribution in [3.05, 3.63) is 76.7 Å². The van der Waals surface area contributed by atoms with Crippen molar-refractivity contribution in [2.75, 3.05) is 31.5 Å². The second-order valence-electron chi connectivity index (χ2n) is 12.2. The van der Waals surface area contributed by atoms with Crippen LogP contribution < -0.4 is 10.1 Å². The molecule has 3 aromatic heterocycles. The minimum atomic E-state index is -0.273. The zero-order chi connectivity index (χ0) is 30.1. The SMILES string of the molecule is Cc1ccc(Oc2ccc(Nc3ncnc4sc5c(c34)CCN(C(=O)/C=C/CN3CCC(O)C(C)(C)C3)C5)cc2C)cn1. The second kappa shape index (κ2) is 12.0. The van der Waals surface area contributed by atoms with Gasteiger partial charge >= 0.3 is 0 Å². The van der Waals surface area contributed by atoms with Crippen molar-refractivity contribution in [1.29, 1.82) is 0 Å². The minimum absolute atomic E-state index is 0.0306. The number of piperidine rings is 1. The van der Waals surface area contributed by atoms with Crippen LogP contribution in [-0.2, 0) is 17.8 Å². The molecule has 224 valence electrons. The van der Waals surface area contributed by atoms with Crippen molar-refractivity contribution in [1.82, 2.24) is 24.8 Å². The van der Waals surface area contributed by atoms with Crippen molar-refractivity contribution >= 4 is 39.0 Å². The van der Waals surface area contributed by atoms with Crippen LogP contribution in [0.3, 0.4) is 0 Å². The first-order chi connectivity index (χ1) is 20.7. The number of aromatic nitrogens is 3. The Morgan fingerprint density at radius 1 is 1.19 bits per heavy atom. The number of rotatable bonds is 7.